The molecule has 2 aromatic heterocycles. The van der Waals surface area contributed by atoms with E-state index in [1.54, 1.807) is 30.5 Å². The molecule has 7 heteroatoms. The molecule has 0 aliphatic rings. The molecule has 0 aliphatic carbocycles. The number of benzene rings is 1. The molecule has 3 aromatic rings. The second kappa shape index (κ2) is 7.17. The monoisotopic (exact) mass is 375 g/mol. The van der Waals surface area contributed by atoms with E-state index in [-0.39, 0.29) is 5.76 Å². The molecule has 5 nitrogen and oxygen atoms in total. The molecule has 25 heavy (non-hydrogen) atoms. The highest BCUT2D eigenvalue weighted by Gasteiger charge is 2.13. The summed E-state index contributed by atoms with van der Waals surface area (Å²) in [5.74, 6) is -0.202. The smallest absolute Gasteiger partial charge is 0.307 e. The first-order valence-electron chi connectivity index (χ1n) is 7.48. The second-order valence-corrected chi connectivity index (χ2v) is 6.28. The normalized spacial score (nSPS) is 11.2. The van der Waals surface area contributed by atoms with Gasteiger partial charge in [-0.3, -0.25) is 4.79 Å². The van der Waals surface area contributed by atoms with Gasteiger partial charge in [-0.15, -0.1) is 0 Å². The minimum atomic E-state index is -0.407. The van der Waals surface area contributed by atoms with Gasteiger partial charge in [0, 0.05) is 22.0 Å². The van der Waals surface area contributed by atoms with Gasteiger partial charge >= 0.3 is 5.91 Å². The van der Waals surface area contributed by atoms with Gasteiger partial charge in [0.1, 0.15) is 0 Å². The van der Waals surface area contributed by atoms with Crippen LogP contribution < -0.4 is 5.43 Å². The second-order valence-electron chi connectivity index (χ2n) is 5.43. The lowest BCUT2D eigenvalue weighted by Crippen LogP contribution is -2.16. The molecule has 1 aromatic carbocycles. The van der Waals surface area contributed by atoms with Crippen LogP contribution in [0.3, 0.4) is 0 Å². The van der Waals surface area contributed by atoms with Gasteiger partial charge in [0.15, 0.2) is 5.76 Å². The molecular formula is C18H15Cl2N3O2. The molecule has 128 valence electrons. The van der Waals surface area contributed by atoms with Crippen molar-refractivity contribution in [3.8, 4) is 5.69 Å². The summed E-state index contributed by atoms with van der Waals surface area (Å²) in [5.41, 5.74) is 6.06. The Labute approximate surface area is 154 Å². The summed E-state index contributed by atoms with van der Waals surface area (Å²) in [6.45, 7) is 3.92. The van der Waals surface area contributed by atoms with Crippen molar-refractivity contribution in [2.75, 3.05) is 0 Å². The number of carbonyl (C=O) groups is 1. The van der Waals surface area contributed by atoms with Crippen molar-refractivity contribution < 1.29 is 9.21 Å². The Morgan fingerprint density at radius 3 is 2.72 bits per heavy atom. The average molecular weight is 376 g/mol. The first-order valence-corrected chi connectivity index (χ1v) is 8.24. The van der Waals surface area contributed by atoms with Crippen LogP contribution in [0, 0.1) is 13.8 Å². The number of hydrazone groups is 1. The van der Waals surface area contributed by atoms with Crippen LogP contribution >= 0.6 is 23.2 Å². The fraction of sp³-hybridized carbons (Fsp3) is 0.111. The number of aryl methyl sites for hydroxylation is 1. The van der Waals surface area contributed by atoms with Crippen molar-refractivity contribution >= 4 is 35.3 Å². The summed E-state index contributed by atoms with van der Waals surface area (Å²) in [7, 11) is 0. The van der Waals surface area contributed by atoms with Gasteiger partial charge in [-0.25, -0.2) is 5.43 Å². The van der Waals surface area contributed by atoms with Crippen molar-refractivity contribution in [2.24, 2.45) is 5.10 Å². The van der Waals surface area contributed by atoms with Crippen LogP contribution in [0.15, 0.2) is 52.2 Å². The highest BCUT2D eigenvalue weighted by atomic mass is 35.5. The van der Waals surface area contributed by atoms with E-state index in [0.29, 0.717) is 10.0 Å². The molecule has 0 bridgehead atoms. The fourth-order valence-corrected chi connectivity index (χ4v) is 3.07. The number of carbonyl (C=O) groups excluding carboxylic acids is 1. The zero-order valence-corrected chi connectivity index (χ0v) is 15.1. The minimum absolute atomic E-state index is 0.204. The van der Waals surface area contributed by atoms with Gasteiger partial charge in [0.2, 0.25) is 0 Å². The maximum Gasteiger partial charge on any atom is 0.307 e. The van der Waals surface area contributed by atoms with Crippen molar-refractivity contribution in [1.82, 2.24) is 9.99 Å². The Kier molecular flexibility index (Phi) is 4.97. The van der Waals surface area contributed by atoms with E-state index in [1.807, 2.05) is 30.5 Å². The quantitative estimate of drug-likeness (QED) is 0.527. The molecule has 0 unspecified atom stereocenters. The number of hydrogen-bond donors (Lipinski definition) is 1. The Morgan fingerprint density at radius 2 is 2.04 bits per heavy atom. The molecule has 0 saturated carbocycles. The van der Waals surface area contributed by atoms with E-state index in [0.717, 1.165) is 22.6 Å². The predicted molar refractivity (Wildman–Crippen MR) is 99.0 cm³/mol. The van der Waals surface area contributed by atoms with Gasteiger partial charge in [-0.1, -0.05) is 23.2 Å². The highest BCUT2D eigenvalue weighted by Crippen LogP contribution is 2.28. The molecule has 2 heterocycles. The molecule has 1 N–H and O–H groups in total. The number of amides is 1. The van der Waals surface area contributed by atoms with E-state index >= 15 is 0 Å². The van der Waals surface area contributed by atoms with Crippen molar-refractivity contribution in [2.45, 2.75) is 13.8 Å². The summed E-state index contributed by atoms with van der Waals surface area (Å²) in [6.07, 6.45) is 3.02. The van der Waals surface area contributed by atoms with Gasteiger partial charge in [0.05, 0.1) is 23.2 Å². The predicted octanol–water partition coefficient (Wildman–Crippen LogP) is 4.76. The van der Waals surface area contributed by atoms with Gasteiger partial charge in [-0.2, -0.15) is 5.10 Å². The molecule has 3 rings (SSSR count). The lowest BCUT2D eigenvalue weighted by molar-refractivity contribution is 0.0927. The number of rotatable bonds is 4. The van der Waals surface area contributed by atoms with Crippen molar-refractivity contribution in [3.63, 3.8) is 0 Å². The van der Waals surface area contributed by atoms with Gasteiger partial charge in [0.25, 0.3) is 0 Å². The van der Waals surface area contributed by atoms with Crippen LogP contribution in [0.25, 0.3) is 5.69 Å². The zero-order chi connectivity index (χ0) is 18.0. The maximum absolute atomic E-state index is 11.8. The van der Waals surface area contributed by atoms with E-state index in [9.17, 15) is 4.79 Å². The van der Waals surface area contributed by atoms with E-state index in [1.165, 1.54) is 6.26 Å². The molecule has 1 amide bonds. The van der Waals surface area contributed by atoms with Gasteiger partial charge in [-0.05, 0) is 50.2 Å². The lowest BCUT2D eigenvalue weighted by Gasteiger charge is -2.11. The first-order chi connectivity index (χ1) is 12.0. The summed E-state index contributed by atoms with van der Waals surface area (Å²) in [6, 6.07) is 10.5. The Hall–Kier alpha value is -2.50. The number of nitrogens with zero attached hydrogens (tertiary/aromatic N) is 2. The number of hydrogen-bond acceptors (Lipinski definition) is 3. The summed E-state index contributed by atoms with van der Waals surface area (Å²) in [4.78, 5) is 11.8. The van der Waals surface area contributed by atoms with Crippen LogP contribution in [-0.4, -0.2) is 16.7 Å². The fourth-order valence-electron chi connectivity index (χ4n) is 2.57. The standard InChI is InChI=1S/C18H15Cl2N3O2/c1-11-8-13(10-21-22-18(24)17-4-3-7-25-17)12(2)23(11)16-6-5-14(19)9-15(16)20/h3-10H,1-2H3,(H,22,24)/b21-10-. The Bertz CT molecular complexity index is 944. The maximum atomic E-state index is 11.8. The number of nitrogens with one attached hydrogen (secondary N) is 1. The molecule has 0 spiro atoms. The summed E-state index contributed by atoms with van der Waals surface area (Å²) in [5, 5.41) is 5.13. The average Bonchev–Trinajstić information content (AvgIpc) is 3.18. The number of furan rings is 1. The molecular weight excluding hydrogens is 361 g/mol. The van der Waals surface area contributed by atoms with E-state index < -0.39 is 5.91 Å². The third-order valence-corrected chi connectivity index (χ3v) is 4.27. The molecule has 0 aliphatic heterocycles. The molecule has 0 saturated heterocycles. The third kappa shape index (κ3) is 3.62. The molecule has 0 radical (unpaired) electrons. The topological polar surface area (TPSA) is 59.5 Å². The van der Waals surface area contributed by atoms with Crippen molar-refractivity contribution in [3.05, 3.63) is 75.4 Å². The van der Waals surface area contributed by atoms with E-state index in [4.69, 9.17) is 27.6 Å². The van der Waals surface area contributed by atoms with E-state index in [2.05, 4.69) is 10.5 Å². The van der Waals surface area contributed by atoms with Crippen LogP contribution in [0.5, 0.6) is 0 Å². The van der Waals surface area contributed by atoms with Crippen molar-refractivity contribution in [1.29, 1.82) is 0 Å². The lowest BCUT2D eigenvalue weighted by atomic mass is 10.2. The third-order valence-electron chi connectivity index (χ3n) is 3.74. The largest absolute Gasteiger partial charge is 0.459 e. The van der Waals surface area contributed by atoms with Crippen LogP contribution in [0.2, 0.25) is 10.0 Å². The summed E-state index contributed by atoms with van der Waals surface area (Å²) < 4.78 is 7.02. The number of aromatic nitrogens is 1. The highest BCUT2D eigenvalue weighted by molar-refractivity contribution is 6.35. The van der Waals surface area contributed by atoms with Crippen LogP contribution in [0.1, 0.15) is 27.5 Å². The Balaban J connectivity index is 1.84. The van der Waals surface area contributed by atoms with Crippen LogP contribution in [0.4, 0.5) is 0 Å². The zero-order valence-electron chi connectivity index (χ0n) is 13.6. The Morgan fingerprint density at radius 1 is 1.24 bits per heavy atom. The molecule has 0 fully saturated rings. The van der Waals surface area contributed by atoms with Crippen LogP contribution in [-0.2, 0) is 0 Å². The molecule has 0 atom stereocenters. The minimum Gasteiger partial charge on any atom is -0.459 e. The first kappa shape index (κ1) is 17.3. The SMILES string of the molecule is Cc1cc(/C=N\NC(=O)c2ccco2)c(C)n1-c1ccc(Cl)cc1Cl. The summed E-state index contributed by atoms with van der Waals surface area (Å²) >= 11 is 12.3. The number of halogens is 2. The van der Waals surface area contributed by atoms with Gasteiger partial charge < -0.3 is 8.98 Å².